The number of hydrogen-bond donors (Lipinski definition) is 0. The van der Waals surface area contributed by atoms with Gasteiger partial charge in [-0.25, -0.2) is 0 Å². The minimum atomic E-state index is 0.795. The maximum Gasteiger partial charge on any atom is 0.000767 e. The van der Waals surface area contributed by atoms with Crippen molar-refractivity contribution in [3.8, 4) is 0 Å². The van der Waals surface area contributed by atoms with Crippen LogP contribution in [0, 0.1) is 11.8 Å². The Morgan fingerprint density at radius 2 is 1.79 bits per heavy atom. The van der Waals surface area contributed by atoms with Crippen molar-refractivity contribution in [1.29, 1.82) is 0 Å². The molecule has 1 fully saturated rings. The molecule has 2 nitrogen and oxygen atoms in total. The molecule has 114 valence electrons. The van der Waals surface area contributed by atoms with Crippen LogP contribution >= 0.6 is 0 Å². The van der Waals surface area contributed by atoms with Gasteiger partial charge in [-0.2, -0.15) is 0 Å². The summed E-state index contributed by atoms with van der Waals surface area (Å²) >= 11 is 0. The monoisotopic (exact) mass is 268 g/mol. The number of rotatable bonds is 9. The molecule has 1 heterocycles. The van der Waals surface area contributed by atoms with Crippen molar-refractivity contribution in [1.82, 2.24) is 9.80 Å². The van der Waals surface area contributed by atoms with Crippen LogP contribution in [0.15, 0.2) is 0 Å². The van der Waals surface area contributed by atoms with Crippen LogP contribution < -0.4 is 0 Å². The Hall–Kier alpha value is -0.0800. The highest BCUT2D eigenvalue weighted by Crippen LogP contribution is 2.19. The molecule has 1 saturated heterocycles. The first-order chi connectivity index (χ1) is 9.11. The van der Waals surface area contributed by atoms with Crippen LogP contribution in [-0.4, -0.2) is 49.6 Å². The molecule has 0 atom stereocenters. The fourth-order valence-electron chi connectivity index (χ4n) is 3.29. The lowest BCUT2D eigenvalue weighted by Gasteiger charge is -2.34. The Labute approximate surface area is 121 Å². The molecular weight excluding hydrogens is 232 g/mol. The molecule has 0 aromatic heterocycles. The Morgan fingerprint density at radius 1 is 1.11 bits per heavy atom. The average molecular weight is 268 g/mol. The van der Waals surface area contributed by atoms with Crippen LogP contribution in [0.1, 0.15) is 59.3 Å². The Balaban J connectivity index is 2.08. The third kappa shape index (κ3) is 7.94. The number of piperidine rings is 1. The predicted octanol–water partition coefficient (Wildman–Crippen LogP) is 3.87. The number of nitrogens with zero attached hydrogens (tertiary/aromatic N) is 2. The first kappa shape index (κ1) is 17.0. The van der Waals surface area contributed by atoms with E-state index < -0.39 is 0 Å². The largest absolute Gasteiger partial charge is 0.306 e. The van der Waals surface area contributed by atoms with Gasteiger partial charge in [0.15, 0.2) is 0 Å². The summed E-state index contributed by atoms with van der Waals surface area (Å²) < 4.78 is 0. The first-order valence-electron chi connectivity index (χ1n) is 8.52. The van der Waals surface area contributed by atoms with E-state index in [1.807, 2.05) is 0 Å². The third-order valence-corrected chi connectivity index (χ3v) is 4.28. The summed E-state index contributed by atoms with van der Waals surface area (Å²) in [5, 5.41) is 0. The van der Waals surface area contributed by atoms with Crippen LogP contribution in [0.5, 0.6) is 0 Å². The maximum absolute atomic E-state index is 2.69. The Bertz CT molecular complexity index is 207. The standard InChI is InChI=1S/C17H36N2/c1-5-6-7-8-11-19-12-9-17(10-13-19)15-18(4)14-16(2)3/h16-17H,5-15H2,1-4H3. The smallest absolute Gasteiger partial charge is 0.000767 e. The van der Waals surface area contributed by atoms with Crippen LogP contribution in [0.4, 0.5) is 0 Å². The maximum atomic E-state index is 2.69. The van der Waals surface area contributed by atoms with Crippen LogP contribution in [0.3, 0.4) is 0 Å². The van der Waals surface area contributed by atoms with E-state index in [0.29, 0.717) is 0 Å². The van der Waals surface area contributed by atoms with E-state index in [9.17, 15) is 0 Å². The molecule has 2 heteroatoms. The molecule has 1 aliphatic rings. The normalized spacial score (nSPS) is 18.6. The molecule has 0 N–H and O–H groups in total. The zero-order valence-electron chi connectivity index (χ0n) is 13.8. The zero-order valence-corrected chi connectivity index (χ0v) is 13.8. The predicted molar refractivity (Wildman–Crippen MR) is 85.6 cm³/mol. The Kier molecular flexibility index (Phi) is 8.72. The van der Waals surface area contributed by atoms with Gasteiger partial charge in [-0.3, -0.25) is 0 Å². The van der Waals surface area contributed by atoms with Crippen molar-refractivity contribution in [3.63, 3.8) is 0 Å². The lowest BCUT2D eigenvalue weighted by atomic mass is 9.96. The highest BCUT2D eigenvalue weighted by molar-refractivity contribution is 4.74. The minimum Gasteiger partial charge on any atom is -0.306 e. The Morgan fingerprint density at radius 3 is 2.37 bits per heavy atom. The van der Waals surface area contributed by atoms with E-state index in [2.05, 4.69) is 37.6 Å². The van der Waals surface area contributed by atoms with Crippen molar-refractivity contribution in [2.45, 2.75) is 59.3 Å². The molecular formula is C17H36N2. The van der Waals surface area contributed by atoms with Gasteiger partial charge in [-0.15, -0.1) is 0 Å². The van der Waals surface area contributed by atoms with Crippen LogP contribution in [-0.2, 0) is 0 Å². The summed E-state index contributed by atoms with van der Waals surface area (Å²) in [6.45, 7) is 13.5. The average Bonchev–Trinajstić information content (AvgIpc) is 2.35. The van der Waals surface area contributed by atoms with E-state index in [-0.39, 0.29) is 0 Å². The van der Waals surface area contributed by atoms with Gasteiger partial charge in [-0.05, 0) is 57.8 Å². The van der Waals surface area contributed by atoms with Crippen molar-refractivity contribution < 1.29 is 0 Å². The molecule has 1 aliphatic heterocycles. The molecule has 0 radical (unpaired) electrons. The second-order valence-corrected chi connectivity index (χ2v) is 6.96. The highest BCUT2D eigenvalue weighted by Gasteiger charge is 2.20. The summed E-state index contributed by atoms with van der Waals surface area (Å²) in [7, 11) is 2.29. The topological polar surface area (TPSA) is 6.48 Å². The summed E-state index contributed by atoms with van der Waals surface area (Å²) in [6, 6.07) is 0. The van der Waals surface area contributed by atoms with Crippen molar-refractivity contribution in [2.75, 3.05) is 39.8 Å². The van der Waals surface area contributed by atoms with Gasteiger partial charge < -0.3 is 9.80 Å². The van der Waals surface area contributed by atoms with Crippen LogP contribution in [0.2, 0.25) is 0 Å². The second-order valence-electron chi connectivity index (χ2n) is 6.96. The SMILES string of the molecule is CCCCCCN1CCC(CN(C)CC(C)C)CC1. The van der Waals surface area contributed by atoms with E-state index in [4.69, 9.17) is 0 Å². The molecule has 0 saturated carbocycles. The summed E-state index contributed by atoms with van der Waals surface area (Å²) in [5.74, 6) is 1.74. The first-order valence-corrected chi connectivity index (χ1v) is 8.52. The number of likely N-dealkylation sites (tertiary alicyclic amines) is 1. The fraction of sp³-hybridized carbons (Fsp3) is 1.00. The van der Waals surface area contributed by atoms with E-state index in [0.717, 1.165) is 11.8 Å². The lowest BCUT2D eigenvalue weighted by Crippen LogP contribution is -2.38. The van der Waals surface area contributed by atoms with Gasteiger partial charge in [0, 0.05) is 13.1 Å². The molecule has 0 bridgehead atoms. The molecule has 0 aromatic carbocycles. The third-order valence-electron chi connectivity index (χ3n) is 4.28. The summed E-state index contributed by atoms with van der Waals surface area (Å²) in [5.41, 5.74) is 0. The number of unbranched alkanes of at least 4 members (excludes halogenated alkanes) is 3. The number of hydrogen-bond acceptors (Lipinski definition) is 2. The summed E-state index contributed by atoms with van der Waals surface area (Å²) in [6.07, 6.45) is 8.42. The molecule has 1 rings (SSSR count). The molecule has 19 heavy (non-hydrogen) atoms. The van der Waals surface area contributed by atoms with Gasteiger partial charge in [0.1, 0.15) is 0 Å². The van der Waals surface area contributed by atoms with Gasteiger partial charge >= 0.3 is 0 Å². The lowest BCUT2D eigenvalue weighted by molar-refractivity contribution is 0.148. The van der Waals surface area contributed by atoms with Gasteiger partial charge in [0.05, 0.1) is 0 Å². The summed E-state index contributed by atoms with van der Waals surface area (Å²) in [4.78, 5) is 5.22. The van der Waals surface area contributed by atoms with Gasteiger partial charge in [0.25, 0.3) is 0 Å². The van der Waals surface area contributed by atoms with Crippen LogP contribution in [0.25, 0.3) is 0 Å². The molecule has 0 amide bonds. The van der Waals surface area contributed by atoms with Crippen molar-refractivity contribution in [3.05, 3.63) is 0 Å². The van der Waals surface area contributed by atoms with E-state index in [1.165, 1.54) is 71.2 Å². The second kappa shape index (κ2) is 9.77. The highest BCUT2D eigenvalue weighted by atomic mass is 15.1. The van der Waals surface area contributed by atoms with Gasteiger partial charge in [0.2, 0.25) is 0 Å². The van der Waals surface area contributed by atoms with Crippen molar-refractivity contribution >= 4 is 0 Å². The minimum absolute atomic E-state index is 0.795. The van der Waals surface area contributed by atoms with Gasteiger partial charge in [-0.1, -0.05) is 40.0 Å². The van der Waals surface area contributed by atoms with E-state index in [1.54, 1.807) is 0 Å². The quantitative estimate of drug-likeness (QED) is 0.586. The van der Waals surface area contributed by atoms with Crippen molar-refractivity contribution in [2.24, 2.45) is 11.8 Å². The molecule has 0 spiro atoms. The fourth-order valence-corrected chi connectivity index (χ4v) is 3.29. The molecule has 0 aliphatic carbocycles. The van der Waals surface area contributed by atoms with E-state index >= 15 is 0 Å². The molecule has 0 aromatic rings. The zero-order chi connectivity index (χ0) is 14.1. The molecule has 0 unspecified atom stereocenters.